The molecular formula is C24H20N2O4. The Bertz CT molecular complexity index is 1170. The molecule has 0 fully saturated rings. The Morgan fingerprint density at radius 3 is 2.40 bits per heavy atom. The number of amides is 1. The Morgan fingerprint density at radius 1 is 0.967 bits per heavy atom. The molecule has 4 rings (SSSR count). The molecule has 30 heavy (non-hydrogen) atoms. The fourth-order valence-electron chi connectivity index (χ4n) is 3.13. The average Bonchev–Trinajstić information content (AvgIpc) is 3.21. The van der Waals surface area contributed by atoms with Crippen LogP contribution in [0.3, 0.4) is 0 Å². The van der Waals surface area contributed by atoms with E-state index in [0.717, 1.165) is 11.1 Å². The number of likely N-dealkylation sites (N-methyl/N-ethyl adjacent to an activating group) is 1. The highest BCUT2D eigenvalue weighted by Crippen LogP contribution is 2.29. The molecule has 3 aromatic carbocycles. The van der Waals surface area contributed by atoms with Crippen molar-refractivity contribution in [3.05, 3.63) is 90.0 Å². The van der Waals surface area contributed by atoms with E-state index in [9.17, 15) is 9.59 Å². The standard InChI is InChI=1S/C24H20N2O4/c1-26(15-17-8-4-2-5-9-17)22(27)16-29-24(28)19-12-13-21-20(14-19)23(30-25-21)18-10-6-3-7-11-18/h2-14H,15-16H2,1H3. The summed E-state index contributed by atoms with van der Waals surface area (Å²) < 4.78 is 10.7. The zero-order chi connectivity index (χ0) is 20.9. The van der Waals surface area contributed by atoms with Gasteiger partial charge in [-0.3, -0.25) is 4.79 Å². The molecule has 0 N–H and O–H groups in total. The van der Waals surface area contributed by atoms with Gasteiger partial charge in [-0.15, -0.1) is 0 Å². The average molecular weight is 400 g/mol. The molecule has 0 bridgehead atoms. The lowest BCUT2D eigenvalue weighted by atomic mass is 10.1. The van der Waals surface area contributed by atoms with Crippen molar-refractivity contribution in [1.82, 2.24) is 10.1 Å². The summed E-state index contributed by atoms with van der Waals surface area (Å²) in [6.45, 7) is 0.125. The summed E-state index contributed by atoms with van der Waals surface area (Å²) in [4.78, 5) is 26.3. The third-order valence-corrected chi connectivity index (χ3v) is 4.76. The third-order valence-electron chi connectivity index (χ3n) is 4.76. The zero-order valence-electron chi connectivity index (χ0n) is 16.4. The van der Waals surface area contributed by atoms with Gasteiger partial charge >= 0.3 is 5.97 Å². The molecule has 0 aliphatic carbocycles. The van der Waals surface area contributed by atoms with E-state index in [-0.39, 0.29) is 12.5 Å². The molecule has 0 unspecified atom stereocenters. The summed E-state index contributed by atoms with van der Waals surface area (Å²) in [5, 5.41) is 4.76. The van der Waals surface area contributed by atoms with Gasteiger partial charge in [-0.2, -0.15) is 0 Å². The van der Waals surface area contributed by atoms with Gasteiger partial charge in [0.1, 0.15) is 5.52 Å². The van der Waals surface area contributed by atoms with Crippen LogP contribution in [0.15, 0.2) is 83.4 Å². The topological polar surface area (TPSA) is 72.6 Å². The Hall–Kier alpha value is -3.93. The highest BCUT2D eigenvalue weighted by molar-refractivity contribution is 5.99. The van der Waals surface area contributed by atoms with E-state index in [0.29, 0.717) is 28.8 Å². The number of hydrogen-bond acceptors (Lipinski definition) is 5. The summed E-state index contributed by atoms with van der Waals surface area (Å²) in [6, 6.07) is 24.1. The van der Waals surface area contributed by atoms with Crippen LogP contribution in [-0.4, -0.2) is 35.6 Å². The van der Waals surface area contributed by atoms with E-state index in [2.05, 4.69) is 5.16 Å². The fourth-order valence-corrected chi connectivity index (χ4v) is 3.13. The molecule has 0 radical (unpaired) electrons. The molecular weight excluding hydrogens is 380 g/mol. The summed E-state index contributed by atoms with van der Waals surface area (Å²) in [5.41, 5.74) is 2.85. The molecule has 0 spiro atoms. The van der Waals surface area contributed by atoms with E-state index in [1.807, 2.05) is 60.7 Å². The van der Waals surface area contributed by atoms with Crippen molar-refractivity contribution < 1.29 is 18.8 Å². The number of carbonyl (C=O) groups excluding carboxylic acids is 2. The highest BCUT2D eigenvalue weighted by atomic mass is 16.5. The van der Waals surface area contributed by atoms with Crippen molar-refractivity contribution in [1.29, 1.82) is 0 Å². The van der Waals surface area contributed by atoms with Gasteiger partial charge in [0, 0.05) is 19.2 Å². The number of ether oxygens (including phenoxy) is 1. The molecule has 0 aliphatic rings. The zero-order valence-corrected chi connectivity index (χ0v) is 16.4. The monoisotopic (exact) mass is 400 g/mol. The van der Waals surface area contributed by atoms with Gasteiger partial charge in [-0.25, -0.2) is 4.79 Å². The number of nitrogens with zero attached hydrogens (tertiary/aromatic N) is 2. The van der Waals surface area contributed by atoms with E-state index in [1.54, 1.807) is 25.2 Å². The minimum Gasteiger partial charge on any atom is -0.452 e. The molecule has 0 saturated carbocycles. The van der Waals surface area contributed by atoms with Crippen molar-refractivity contribution in [3.8, 4) is 11.3 Å². The van der Waals surface area contributed by atoms with E-state index in [4.69, 9.17) is 9.26 Å². The SMILES string of the molecule is CN(Cc1ccccc1)C(=O)COC(=O)c1ccc2noc(-c3ccccc3)c2c1. The molecule has 6 nitrogen and oxygen atoms in total. The maximum absolute atomic E-state index is 12.5. The van der Waals surface area contributed by atoms with Gasteiger partial charge in [0.2, 0.25) is 0 Å². The molecule has 6 heteroatoms. The van der Waals surface area contributed by atoms with E-state index in [1.165, 1.54) is 4.90 Å². The maximum atomic E-state index is 12.5. The number of esters is 1. The van der Waals surface area contributed by atoms with Crippen LogP contribution >= 0.6 is 0 Å². The Morgan fingerprint density at radius 2 is 1.67 bits per heavy atom. The van der Waals surface area contributed by atoms with Gasteiger partial charge in [0.05, 0.1) is 10.9 Å². The van der Waals surface area contributed by atoms with Crippen molar-refractivity contribution in [3.63, 3.8) is 0 Å². The first-order valence-corrected chi connectivity index (χ1v) is 9.51. The Labute approximate surface area is 173 Å². The van der Waals surface area contributed by atoms with Crippen LogP contribution in [0.4, 0.5) is 0 Å². The number of benzene rings is 3. The number of fused-ring (bicyclic) bond motifs is 1. The van der Waals surface area contributed by atoms with Crippen LogP contribution in [0, 0.1) is 0 Å². The van der Waals surface area contributed by atoms with Crippen molar-refractivity contribution in [2.75, 3.05) is 13.7 Å². The van der Waals surface area contributed by atoms with Crippen LogP contribution in [0.2, 0.25) is 0 Å². The second-order valence-electron chi connectivity index (χ2n) is 6.92. The quantitative estimate of drug-likeness (QED) is 0.451. The summed E-state index contributed by atoms with van der Waals surface area (Å²) in [5.74, 6) is -0.263. The predicted octanol–water partition coefficient (Wildman–Crippen LogP) is 4.31. The fraction of sp³-hybridized carbons (Fsp3) is 0.125. The number of rotatable bonds is 6. The normalized spacial score (nSPS) is 10.7. The summed E-state index contributed by atoms with van der Waals surface area (Å²) >= 11 is 0. The second-order valence-corrected chi connectivity index (χ2v) is 6.92. The Kier molecular flexibility index (Phi) is 5.57. The molecule has 1 heterocycles. The number of hydrogen-bond donors (Lipinski definition) is 0. The molecule has 1 aromatic heterocycles. The third kappa shape index (κ3) is 4.22. The molecule has 4 aromatic rings. The van der Waals surface area contributed by atoms with Gasteiger partial charge in [0.25, 0.3) is 5.91 Å². The van der Waals surface area contributed by atoms with Crippen LogP contribution in [-0.2, 0) is 16.1 Å². The molecule has 0 saturated heterocycles. The van der Waals surface area contributed by atoms with E-state index < -0.39 is 5.97 Å². The van der Waals surface area contributed by atoms with Gasteiger partial charge in [-0.05, 0) is 23.8 Å². The van der Waals surface area contributed by atoms with Gasteiger partial charge < -0.3 is 14.2 Å². The minimum atomic E-state index is -0.571. The molecule has 0 aliphatic heterocycles. The lowest BCUT2D eigenvalue weighted by molar-refractivity contribution is -0.133. The number of carbonyl (C=O) groups is 2. The highest BCUT2D eigenvalue weighted by Gasteiger charge is 2.17. The van der Waals surface area contributed by atoms with Crippen molar-refractivity contribution in [2.24, 2.45) is 0 Å². The van der Waals surface area contributed by atoms with Crippen LogP contribution < -0.4 is 0 Å². The first kappa shape index (κ1) is 19.4. The summed E-state index contributed by atoms with van der Waals surface area (Å²) in [6.07, 6.45) is 0. The smallest absolute Gasteiger partial charge is 0.338 e. The van der Waals surface area contributed by atoms with Gasteiger partial charge in [0.15, 0.2) is 12.4 Å². The van der Waals surface area contributed by atoms with Crippen LogP contribution in [0.25, 0.3) is 22.2 Å². The maximum Gasteiger partial charge on any atom is 0.338 e. The minimum absolute atomic E-state index is 0.275. The van der Waals surface area contributed by atoms with Crippen LogP contribution in [0.1, 0.15) is 15.9 Å². The predicted molar refractivity (Wildman–Crippen MR) is 113 cm³/mol. The molecule has 0 atom stereocenters. The molecule has 1 amide bonds. The van der Waals surface area contributed by atoms with Crippen molar-refractivity contribution >= 4 is 22.8 Å². The lowest BCUT2D eigenvalue weighted by Crippen LogP contribution is -2.30. The number of aromatic nitrogens is 1. The second kappa shape index (κ2) is 8.61. The molecule has 150 valence electrons. The van der Waals surface area contributed by atoms with Crippen LogP contribution in [0.5, 0.6) is 0 Å². The van der Waals surface area contributed by atoms with Crippen molar-refractivity contribution in [2.45, 2.75) is 6.54 Å². The van der Waals surface area contributed by atoms with E-state index >= 15 is 0 Å². The lowest BCUT2D eigenvalue weighted by Gasteiger charge is -2.17. The van der Waals surface area contributed by atoms with Gasteiger partial charge in [-0.1, -0.05) is 65.8 Å². The first-order chi connectivity index (χ1) is 14.6. The summed E-state index contributed by atoms with van der Waals surface area (Å²) in [7, 11) is 1.68. The largest absolute Gasteiger partial charge is 0.452 e. The first-order valence-electron chi connectivity index (χ1n) is 9.51. The Balaban J connectivity index is 1.44.